The van der Waals surface area contributed by atoms with Gasteiger partial charge in [-0.15, -0.1) is 0 Å². The monoisotopic (exact) mass is 842 g/mol. The lowest BCUT2D eigenvalue weighted by Gasteiger charge is -2.70. The first kappa shape index (κ1) is 45.9. The minimum absolute atomic E-state index is 0.0881. The summed E-state index contributed by atoms with van der Waals surface area (Å²) < 4.78 is 38.7. The third-order valence-electron chi connectivity index (χ3n) is 16.6. The largest absolute Gasteiger partial charge is 0.455 e. The molecule has 6 fully saturated rings. The molecule has 7 rings (SSSR count). The number of hydrogen-bond acceptors (Lipinski definition) is 12. The highest BCUT2D eigenvalue weighted by molar-refractivity contribution is 5.89. The Bertz CT molecular complexity index is 1600. The number of aliphatic hydroxyl groups excluding tert-OH is 2. The highest BCUT2D eigenvalue weighted by atomic mass is 16.6. The molecule has 0 amide bonds. The van der Waals surface area contributed by atoms with Gasteiger partial charge in [-0.25, -0.2) is 4.79 Å². The molecular formula is C48H75NO11. The second kappa shape index (κ2) is 18.9. The summed E-state index contributed by atoms with van der Waals surface area (Å²) in [7, 11) is 6.41. The first-order valence-electron chi connectivity index (χ1n) is 23.4. The molecule has 12 nitrogen and oxygen atoms in total. The van der Waals surface area contributed by atoms with E-state index in [1.165, 1.54) is 64.9 Å². The van der Waals surface area contributed by atoms with E-state index in [4.69, 9.17) is 28.4 Å². The Morgan fingerprint density at radius 1 is 0.800 bits per heavy atom. The molecule has 15 atom stereocenters. The van der Waals surface area contributed by atoms with E-state index in [1.807, 2.05) is 6.07 Å². The van der Waals surface area contributed by atoms with Gasteiger partial charge in [-0.3, -0.25) is 9.69 Å². The zero-order chi connectivity index (χ0) is 42.9. The summed E-state index contributed by atoms with van der Waals surface area (Å²) >= 11 is 0. The second-order valence-electron chi connectivity index (χ2n) is 19.3. The van der Waals surface area contributed by atoms with Crippen molar-refractivity contribution in [3.63, 3.8) is 0 Å². The Labute approximate surface area is 358 Å². The summed E-state index contributed by atoms with van der Waals surface area (Å²) in [6.07, 6.45) is 10.0. The van der Waals surface area contributed by atoms with Crippen LogP contribution in [0.25, 0.3) is 0 Å². The zero-order valence-corrected chi connectivity index (χ0v) is 37.2. The van der Waals surface area contributed by atoms with Crippen LogP contribution in [0.15, 0.2) is 30.3 Å². The summed E-state index contributed by atoms with van der Waals surface area (Å²) in [4.78, 5) is 31.0. The summed E-state index contributed by atoms with van der Waals surface area (Å²) in [5.41, 5.74) is -4.82. The molecule has 5 aliphatic carbocycles. The highest BCUT2D eigenvalue weighted by Crippen LogP contribution is 2.80. The molecular weight excluding hydrogens is 767 g/mol. The number of piperidine rings is 1. The molecule has 7 bridgehead atoms. The van der Waals surface area contributed by atoms with Gasteiger partial charge in [0.1, 0.15) is 23.9 Å². The smallest absolute Gasteiger partial charge is 0.338 e. The molecule has 3 N–H and O–H groups in total. The first-order valence-corrected chi connectivity index (χ1v) is 23.4. The third kappa shape index (κ3) is 7.10. The van der Waals surface area contributed by atoms with Gasteiger partial charge in [0.25, 0.3) is 0 Å². The number of ether oxygens (including phenoxy) is 6. The minimum Gasteiger partial charge on any atom is -0.455 e. The van der Waals surface area contributed by atoms with Gasteiger partial charge in [0.2, 0.25) is 0 Å². The number of benzene rings is 1. The maximum absolute atomic E-state index is 14.5. The zero-order valence-electron chi connectivity index (χ0n) is 37.2. The van der Waals surface area contributed by atoms with Crippen LogP contribution in [0.2, 0.25) is 0 Å². The van der Waals surface area contributed by atoms with Gasteiger partial charge < -0.3 is 43.7 Å². The van der Waals surface area contributed by atoms with Crippen molar-refractivity contribution in [1.82, 2.24) is 4.90 Å². The standard InChI is InChI=1S/C48H75NO11/c1-7-9-10-11-12-13-14-15-16-17-18-19-23-26-35(51)60-48-36-32(28-46(54,43(58-6)41(48)52)42(36)59-44(53)31-24-21-20-22-25-31)47-34(56-4)27-33(50)45(30-55-3)29-49(8-2)40(47)37(48)38(57-5)39(45)47/h20-22,24-25,32-34,36-43,50,52,54H,7-19,23,26-30H2,1-6H3/t32-,33-,34+,36-,37+,38+,39-,40-,41+,42-,43+,45+,46+,47+,48-/m1/s1. The lowest BCUT2D eigenvalue weighted by Crippen LogP contribution is -2.81. The molecule has 1 aromatic carbocycles. The number of carbonyl (C=O) groups excluding carboxylic acids is 2. The molecule has 12 heteroatoms. The van der Waals surface area contributed by atoms with Crippen LogP contribution in [0.3, 0.4) is 0 Å². The van der Waals surface area contributed by atoms with E-state index in [2.05, 4.69) is 18.7 Å². The number of nitrogens with zero attached hydrogens (tertiary/aromatic N) is 1. The van der Waals surface area contributed by atoms with Crippen LogP contribution in [0, 0.1) is 34.5 Å². The minimum atomic E-state index is -1.84. The second-order valence-corrected chi connectivity index (χ2v) is 19.3. The van der Waals surface area contributed by atoms with Crippen LogP contribution < -0.4 is 0 Å². The molecule has 1 saturated heterocycles. The number of fused-ring (bicyclic) bond motifs is 2. The van der Waals surface area contributed by atoms with Crippen LogP contribution >= 0.6 is 0 Å². The Kier molecular flexibility index (Phi) is 14.4. The topological polar surface area (TPSA) is 153 Å². The maximum atomic E-state index is 14.5. The predicted molar refractivity (Wildman–Crippen MR) is 225 cm³/mol. The van der Waals surface area contributed by atoms with Crippen molar-refractivity contribution in [2.75, 3.05) is 48.1 Å². The average molecular weight is 842 g/mol. The molecule has 60 heavy (non-hydrogen) atoms. The fourth-order valence-corrected chi connectivity index (χ4v) is 14.6. The number of carbonyl (C=O) groups is 2. The Balaban J connectivity index is 1.23. The number of rotatable bonds is 23. The number of hydrogen-bond donors (Lipinski definition) is 3. The molecule has 1 heterocycles. The van der Waals surface area contributed by atoms with Crippen molar-refractivity contribution in [2.24, 2.45) is 34.5 Å². The molecule has 0 aromatic heterocycles. The molecule has 1 aromatic rings. The van der Waals surface area contributed by atoms with E-state index in [0.717, 1.165) is 19.3 Å². The number of methoxy groups -OCH3 is 4. The van der Waals surface area contributed by atoms with Crippen LogP contribution in [-0.4, -0.2) is 134 Å². The van der Waals surface area contributed by atoms with E-state index in [1.54, 1.807) is 45.6 Å². The first-order chi connectivity index (χ1) is 29.0. The van der Waals surface area contributed by atoms with Crippen LogP contribution in [0.1, 0.15) is 127 Å². The third-order valence-corrected chi connectivity index (χ3v) is 16.6. The molecule has 0 radical (unpaired) electrons. The molecule has 338 valence electrons. The SMILES string of the molecule is CCCCCCCCCCCCCCCC(=O)O[C@]12[C@H]3[C@@H](OC(=O)c4ccccc4)[C@@](O)(C[C@H]3[C@@]34[C@@H](OC)C[C@@H](O)[C@@]5(COC)CN(CC)[C@@H]3[C@@H]1[C@H](OC)[C@H]54)[C@@H](OC)[C@@H]2O. The average Bonchev–Trinajstić information content (AvgIpc) is 3.62. The van der Waals surface area contributed by atoms with Crippen molar-refractivity contribution in [1.29, 1.82) is 0 Å². The lowest BCUT2D eigenvalue weighted by molar-refractivity contribution is -0.323. The highest BCUT2D eigenvalue weighted by Gasteiger charge is 2.92. The predicted octanol–water partition coefficient (Wildman–Crippen LogP) is 6.11. The quantitative estimate of drug-likeness (QED) is 0.0861. The summed E-state index contributed by atoms with van der Waals surface area (Å²) in [5, 5.41) is 38.3. The Hall–Kier alpha value is -2.16. The summed E-state index contributed by atoms with van der Waals surface area (Å²) in [6.45, 7) is 5.68. The molecule has 0 unspecified atom stereocenters. The van der Waals surface area contributed by atoms with Crippen LogP contribution in [0.5, 0.6) is 0 Å². The van der Waals surface area contributed by atoms with Crippen LogP contribution in [-0.2, 0) is 33.2 Å². The number of likely N-dealkylation sites (tertiary alicyclic amines) is 1. The van der Waals surface area contributed by atoms with Crippen molar-refractivity contribution in [3.05, 3.63) is 35.9 Å². The van der Waals surface area contributed by atoms with Crippen molar-refractivity contribution >= 4 is 11.9 Å². The summed E-state index contributed by atoms with van der Waals surface area (Å²) in [6, 6.07) is 8.32. The summed E-state index contributed by atoms with van der Waals surface area (Å²) in [5.74, 6) is -3.47. The fourth-order valence-electron chi connectivity index (χ4n) is 14.6. The van der Waals surface area contributed by atoms with Gasteiger partial charge in [-0.05, 0) is 37.4 Å². The van der Waals surface area contributed by atoms with Crippen molar-refractivity contribution in [2.45, 2.75) is 170 Å². The van der Waals surface area contributed by atoms with Crippen molar-refractivity contribution in [3.8, 4) is 0 Å². The van der Waals surface area contributed by atoms with E-state index in [0.29, 0.717) is 31.5 Å². The van der Waals surface area contributed by atoms with E-state index in [-0.39, 0.29) is 31.4 Å². The molecule has 1 aliphatic heterocycles. The maximum Gasteiger partial charge on any atom is 0.338 e. The normalized spacial score (nSPS) is 41.0. The lowest BCUT2D eigenvalue weighted by atomic mass is 9.42. The Morgan fingerprint density at radius 2 is 1.43 bits per heavy atom. The Morgan fingerprint density at radius 3 is 2.00 bits per heavy atom. The molecule has 6 aliphatic rings. The van der Waals surface area contributed by atoms with Crippen molar-refractivity contribution < 1.29 is 53.3 Å². The molecule has 5 saturated carbocycles. The number of esters is 2. The van der Waals surface area contributed by atoms with Crippen LogP contribution in [0.4, 0.5) is 0 Å². The van der Waals surface area contributed by atoms with E-state index >= 15 is 0 Å². The van der Waals surface area contributed by atoms with E-state index in [9.17, 15) is 24.9 Å². The van der Waals surface area contributed by atoms with Gasteiger partial charge in [0, 0.05) is 82.5 Å². The fraction of sp³-hybridized carbons (Fsp3) is 0.833. The van der Waals surface area contributed by atoms with Gasteiger partial charge in [-0.1, -0.05) is 109 Å². The van der Waals surface area contributed by atoms with Gasteiger partial charge in [-0.2, -0.15) is 0 Å². The van der Waals surface area contributed by atoms with E-state index < -0.39 is 88.3 Å². The van der Waals surface area contributed by atoms with Gasteiger partial charge in [0.05, 0.1) is 30.5 Å². The van der Waals surface area contributed by atoms with Gasteiger partial charge in [0.15, 0.2) is 5.60 Å². The number of unbranched alkanes of at least 4 members (excludes halogenated alkanes) is 12. The molecule has 1 spiro atoms. The van der Waals surface area contributed by atoms with Gasteiger partial charge >= 0.3 is 11.9 Å². The number of aliphatic hydroxyl groups is 3.